The minimum Gasteiger partial charge on any atom is -0.337 e. The van der Waals surface area contributed by atoms with Crippen LogP contribution in [0.1, 0.15) is 30.7 Å². The normalized spacial score (nSPS) is 18.4. The second-order valence-electron chi connectivity index (χ2n) is 4.40. The third-order valence-electron chi connectivity index (χ3n) is 3.19. The maximum Gasteiger partial charge on any atom is 0.247 e. The third kappa shape index (κ3) is 1.39. The van der Waals surface area contributed by atoms with E-state index in [0.717, 1.165) is 24.8 Å². The first-order chi connectivity index (χ1) is 7.69. The van der Waals surface area contributed by atoms with E-state index in [9.17, 15) is 0 Å². The van der Waals surface area contributed by atoms with Gasteiger partial charge in [-0.1, -0.05) is 5.16 Å². The van der Waals surface area contributed by atoms with Crippen molar-refractivity contribution in [3.05, 3.63) is 22.2 Å². The van der Waals surface area contributed by atoms with Crippen LogP contribution in [0.3, 0.4) is 0 Å². The molecule has 1 aliphatic rings. The summed E-state index contributed by atoms with van der Waals surface area (Å²) in [4.78, 5) is 4.41. The third-order valence-corrected chi connectivity index (χ3v) is 4.06. The van der Waals surface area contributed by atoms with Crippen LogP contribution in [0, 0.1) is 6.92 Å². The Kier molecular flexibility index (Phi) is 2.12. The average molecular weight is 235 g/mol. The largest absolute Gasteiger partial charge is 0.337 e. The summed E-state index contributed by atoms with van der Waals surface area (Å²) in [5.41, 5.74) is 7.99. The standard InChI is InChI=1S/C11H13N3OS/c1-7-5-16-6-8(7)9-13-10(15-14-9)11(12)3-2-4-11/h5-6H,2-4,12H2,1H3. The van der Waals surface area contributed by atoms with Crippen LogP contribution in [0.2, 0.25) is 0 Å². The van der Waals surface area contributed by atoms with E-state index in [1.54, 1.807) is 11.3 Å². The summed E-state index contributed by atoms with van der Waals surface area (Å²) in [5.74, 6) is 1.24. The molecule has 0 atom stereocenters. The molecule has 0 unspecified atom stereocenters. The Bertz CT molecular complexity index is 513. The lowest BCUT2D eigenvalue weighted by molar-refractivity contribution is 0.181. The molecular weight excluding hydrogens is 222 g/mol. The van der Waals surface area contributed by atoms with Crippen LogP contribution >= 0.6 is 11.3 Å². The number of nitrogens with zero attached hydrogens (tertiary/aromatic N) is 2. The molecule has 1 aliphatic carbocycles. The van der Waals surface area contributed by atoms with Gasteiger partial charge in [0.15, 0.2) is 0 Å². The molecule has 2 aromatic rings. The van der Waals surface area contributed by atoms with E-state index in [2.05, 4.69) is 15.5 Å². The number of thiophene rings is 1. The molecule has 1 saturated carbocycles. The van der Waals surface area contributed by atoms with Crippen molar-refractivity contribution in [1.29, 1.82) is 0 Å². The van der Waals surface area contributed by atoms with E-state index in [4.69, 9.17) is 10.3 Å². The van der Waals surface area contributed by atoms with Gasteiger partial charge in [0, 0.05) is 10.9 Å². The lowest BCUT2D eigenvalue weighted by atomic mass is 9.78. The Balaban J connectivity index is 1.97. The molecule has 2 aromatic heterocycles. The van der Waals surface area contributed by atoms with Crippen LogP contribution < -0.4 is 5.73 Å². The molecule has 5 heteroatoms. The number of rotatable bonds is 2. The van der Waals surface area contributed by atoms with Crippen molar-refractivity contribution in [2.45, 2.75) is 31.7 Å². The average Bonchev–Trinajstić information content (AvgIpc) is 2.82. The summed E-state index contributed by atoms with van der Waals surface area (Å²) >= 11 is 1.64. The molecule has 4 nitrogen and oxygen atoms in total. The van der Waals surface area contributed by atoms with Crippen molar-refractivity contribution >= 4 is 11.3 Å². The zero-order chi connectivity index (χ0) is 11.2. The highest BCUT2D eigenvalue weighted by molar-refractivity contribution is 7.08. The van der Waals surface area contributed by atoms with E-state index in [-0.39, 0.29) is 5.54 Å². The summed E-state index contributed by atoms with van der Waals surface area (Å²) in [6.45, 7) is 2.05. The fourth-order valence-corrected chi connectivity index (χ4v) is 2.72. The maximum absolute atomic E-state index is 6.14. The fraction of sp³-hybridized carbons (Fsp3) is 0.455. The van der Waals surface area contributed by atoms with Crippen molar-refractivity contribution in [1.82, 2.24) is 10.1 Å². The van der Waals surface area contributed by atoms with Gasteiger partial charge >= 0.3 is 0 Å². The lowest BCUT2D eigenvalue weighted by Gasteiger charge is -2.33. The van der Waals surface area contributed by atoms with Crippen molar-refractivity contribution in [3.63, 3.8) is 0 Å². The monoisotopic (exact) mass is 235 g/mol. The molecule has 16 heavy (non-hydrogen) atoms. The minimum absolute atomic E-state index is 0.366. The van der Waals surface area contributed by atoms with Crippen LogP contribution in [-0.2, 0) is 5.54 Å². The number of aryl methyl sites for hydroxylation is 1. The highest BCUT2D eigenvalue weighted by Gasteiger charge is 2.40. The molecule has 0 spiro atoms. The van der Waals surface area contributed by atoms with Gasteiger partial charge < -0.3 is 10.3 Å². The number of nitrogens with two attached hydrogens (primary N) is 1. The molecular formula is C11H13N3OS. The zero-order valence-electron chi connectivity index (χ0n) is 9.06. The van der Waals surface area contributed by atoms with E-state index >= 15 is 0 Å². The number of aromatic nitrogens is 2. The quantitative estimate of drug-likeness (QED) is 0.868. The van der Waals surface area contributed by atoms with Crippen LogP contribution in [0.25, 0.3) is 11.4 Å². The Morgan fingerprint density at radius 1 is 1.44 bits per heavy atom. The smallest absolute Gasteiger partial charge is 0.247 e. The van der Waals surface area contributed by atoms with Gasteiger partial charge in [-0.15, -0.1) is 0 Å². The van der Waals surface area contributed by atoms with Gasteiger partial charge in [-0.25, -0.2) is 0 Å². The summed E-state index contributed by atoms with van der Waals surface area (Å²) in [6.07, 6.45) is 3.03. The molecule has 2 heterocycles. The van der Waals surface area contributed by atoms with Gasteiger partial charge in [-0.2, -0.15) is 16.3 Å². The molecule has 2 N–H and O–H groups in total. The van der Waals surface area contributed by atoms with Gasteiger partial charge in [0.25, 0.3) is 0 Å². The highest BCUT2D eigenvalue weighted by Crippen LogP contribution is 2.38. The topological polar surface area (TPSA) is 64.9 Å². The predicted molar refractivity (Wildman–Crippen MR) is 62.1 cm³/mol. The van der Waals surface area contributed by atoms with Crippen LogP contribution in [0.5, 0.6) is 0 Å². The van der Waals surface area contributed by atoms with Gasteiger partial charge in [0.1, 0.15) is 0 Å². The maximum atomic E-state index is 6.14. The highest BCUT2D eigenvalue weighted by atomic mass is 32.1. The van der Waals surface area contributed by atoms with Gasteiger partial charge in [-0.3, -0.25) is 0 Å². The summed E-state index contributed by atoms with van der Waals surface area (Å²) in [7, 11) is 0. The second kappa shape index (κ2) is 3.40. The molecule has 0 amide bonds. The number of hydrogen-bond acceptors (Lipinski definition) is 5. The summed E-state index contributed by atoms with van der Waals surface area (Å²) < 4.78 is 5.27. The molecule has 0 saturated heterocycles. The van der Waals surface area contributed by atoms with Crippen LogP contribution in [0.4, 0.5) is 0 Å². The minimum atomic E-state index is -0.366. The second-order valence-corrected chi connectivity index (χ2v) is 5.14. The van der Waals surface area contributed by atoms with E-state index in [0.29, 0.717) is 11.7 Å². The SMILES string of the molecule is Cc1cscc1-c1noc(C2(N)CCC2)n1. The number of hydrogen-bond donors (Lipinski definition) is 1. The first-order valence-corrected chi connectivity index (χ1v) is 6.29. The molecule has 1 fully saturated rings. The van der Waals surface area contributed by atoms with E-state index in [1.807, 2.05) is 12.3 Å². The molecule has 84 valence electrons. The first kappa shape index (κ1) is 9.99. The predicted octanol–water partition coefficient (Wildman–Crippen LogP) is 2.44. The van der Waals surface area contributed by atoms with Crippen molar-refractivity contribution in [2.24, 2.45) is 5.73 Å². The molecule has 0 radical (unpaired) electrons. The summed E-state index contributed by atoms with van der Waals surface area (Å²) in [5, 5.41) is 8.12. The van der Waals surface area contributed by atoms with Crippen molar-refractivity contribution < 1.29 is 4.52 Å². The van der Waals surface area contributed by atoms with Gasteiger partial charge in [0.05, 0.1) is 5.54 Å². The molecule has 0 bridgehead atoms. The van der Waals surface area contributed by atoms with E-state index in [1.165, 1.54) is 5.56 Å². The van der Waals surface area contributed by atoms with Gasteiger partial charge in [-0.05, 0) is 37.1 Å². The molecule has 0 aliphatic heterocycles. The Morgan fingerprint density at radius 2 is 2.25 bits per heavy atom. The summed E-state index contributed by atoms with van der Waals surface area (Å²) in [6, 6.07) is 0. The Hall–Kier alpha value is -1.20. The first-order valence-electron chi connectivity index (χ1n) is 5.35. The fourth-order valence-electron chi connectivity index (χ4n) is 1.90. The molecule has 3 rings (SSSR count). The van der Waals surface area contributed by atoms with Crippen molar-refractivity contribution in [3.8, 4) is 11.4 Å². The Morgan fingerprint density at radius 3 is 2.81 bits per heavy atom. The zero-order valence-corrected chi connectivity index (χ0v) is 9.88. The van der Waals surface area contributed by atoms with Gasteiger partial charge in [0.2, 0.25) is 11.7 Å². The van der Waals surface area contributed by atoms with E-state index < -0.39 is 0 Å². The van der Waals surface area contributed by atoms with Crippen molar-refractivity contribution in [2.75, 3.05) is 0 Å². The lowest BCUT2D eigenvalue weighted by Crippen LogP contribution is -2.43. The molecule has 0 aromatic carbocycles. The van der Waals surface area contributed by atoms with Crippen LogP contribution in [0.15, 0.2) is 15.3 Å². The van der Waals surface area contributed by atoms with Crippen LogP contribution in [-0.4, -0.2) is 10.1 Å². The Labute approximate surface area is 97.5 Å².